The molecule has 0 saturated heterocycles. The number of hydrogen-bond donors (Lipinski definition) is 2. The van der Waals surface area contributed by atoms with Gasteiger partial charge >= 0.3 is 0 Å². The van der Waals surface area contributed by atoms with Crippen molar-refractivity contribution in [3.05, 3.63) is 35.1 Å². The summed E-state index contributed by atoms with van der Waals surface area (Å²) in [6.45, 7) is 4.96. The molecular formula is C15H19FN4OS2. The van der Waals surface area contributed by atoms with Crippen molar-refractivity contribution < 1.29 is 9.18 Å². The molecule has 2 rings (SSSR count). The first-order valence-corrected chi connectivity index (χ1v) is 9.10. The van der Waals surface area contributed by atoms with E-state index in [1.807, 2.05) is 6.07 Å². The van der Waals surface area contributed by atoms with Crippen LogP contribution in [0.25, 0.3) is 0 Å². The number of amides is 1. The van der Waals surface area contributed by atoms with E-state index in [1.165, 1.54) is 29.2 Å². The fourth-order valence-electron chi connectivity index (χ4n) is 1.70. The molecule has 1 aromatic heterocycles. The van der Waals surface area contributed by atoms with E-state index in [-0.39, 0.29) is 17.5 Å². The molecule has 5 nitrogen and oxygen atoms in total. The van der Waals surface area contributed by atoms with E-state index in [9.17, 15) is 9.18 Å². The molecule has 0 aliphatic carbocycles. The summed E-state index contributed by atoms with van der Waals surface area (Å²) in [5, 5.41) is 14.7. The van der Waals surface area contributed by atoms with Crippen LogP contribution in [0, 0.1) is 12.7 Å². The van der Waals surface area contributed by atoms with Gasteiger partial charge in [0.15, 0.2) is 4.34 Å². The molecule has 8 heteroatoms. The Morgan fingerprint density at radius 1 is 1.39 bits per heavy atom. The third-order valence-corrected chi connectivity index (χ3v) is 5.00. The molecular weight excluding hydrogens is 335 g/mol. The lowest BCUT2D eigenvalue weighted by Crippen LogP contribution is -2.24. The van der Waals surface area contributed by atoms with Crippen LogP contribution in [0.5, 0.6) is 0 Å². The maximum Gasteiger partial charge on any atom is 0.230 e. The van der Waals surface area contributed by atoms with Gasteiger partial charge in [0.1, 0.15) is 5.82 Å². The van der Waals surface area contributed by atoms with Crippen molar-refractivity contribution in [3.63, 3.8) is 0 Å². The average Bonchev–Trinajstić information content (AvgIpc) is 3.00. The minimum Gasteiger partial charge on any atom is -0.360 e. The van der Waals surface area contributed by atoms with Crippen molar-refractivity contribution in [1.29, 1.82) is 0 Å². The van der Waals surface area contributed by atoms with E-state index >= 15 is 0 Å². The van der Waals surface area contributed by atoms with E-state index in [2.05, 4.69) is 27.8 Å². The number of thioether (sulfide) groups is 1. The quantitative estimate of drug-likeness (QED) is 0.713. The summed E-state index contributed by atoms with van der Waals surface area (Å²) in [7, 11) is 0. The molecule has 124 valence electrons. The van der Waals surface area contributed by atoms with Crippen molar-refractivity contribution in [3.8, 4) is 0 Å². The number of hydrogen-bond acceptors (Lipinski definition) is 6. The van der Waals surface area contributed by atoms with Crippen LogP contribution in [0.4, 0.5) is 9.52 Å². The number of nitrogens with one attached hydrogen (secondary N) is 2. The van der Waals surface area contributed by atoms with E-state index in [4.69, 9.17) is 0 Å². The summed E-state index contributed by atoms with van der Waals surface area (Å²) in [5.74, 6) is -0.113. The first-order chi connectivity index (χ1) is 11.1. The van der Waals surface area contributed by atoms with E-state index in [1.54, 1.807) is 13.0 Å². The molecule has 2 N–H and O–H groups in total. The standard InChI is InChI=1S/C15H19FN4OS2/c1-3-6-17-14-19-20-15(23-14)22-9-13(21)18-8-11-5-4-10(2)12(16)7-11/h4-5,7H,3,6,8-9H2,1-2H3,(H,17,19)(H,18,21). The summed E-state index contributed by atoms with van der Waals surface area (Å²) in [6, 6.07) is 4.96. The summed E-state index contributed by atoms with van der Waals surface area (Å²) in [4.78, 5) is 11.8. The lowest BCUT2D eigenvalue weighted by molar-refractivity contribution is -0.118. The van der Waals surface area contributed by atoms with Gasteiger partial charge in [0.05, 0.1) is 5.75 Å². The Hall–Kier alpha value is -1.67. The van der Waals surface area contributed by atoms with Gasteiger partial charge in [0.25, 0.3) is 0 Å². The molecule has 0 spiro atoms. The van der Waals surface area contributed by atoms with Crippen LogP contribution in [0.2, 0.25) is 0 Å². The van der Waals surface area contributed by atoms with Gasteiger partial charge in [0, 0.05) is 13.1 Å². The molecule has 0 aliphatic heterocycles. The van der Waals surface area contributed by atoms with Gasteiger partial charge in [-0.3, -0.25) is 4.79 Å². The molecule has 2 aromatic rings. The lowest BCUT2D eigenvalue weighted by atomic mass is 10.1. The van der Waals surface area contributed by atoms with Gasteiger partial charge < -0.3 is 10.6 Å². The number of halogens is 1. The minimum absolute atomic E-state index is 0.116. The minimum atomic E-state index is -0.257. The second-order valence-electron chi connectivity index (χ2n) is 4.95. The zero-order chi connectivity index (χ0) is 16.7. The summed E-state index contributed by atoms with van der Waals surface area (Å²) >= 11 is 2.78. The highest BCUT2D eigenvalue weighted by Gasteiger charge is 2.08. The van der Waals surface area contributed by atoms with Crippen molar-refractivity contribution in [1.82, 2.24) is 15.5 Å². The van der Waals surface area contributed by atoms with Crippen LogP contribution < -0.4 is 10.6 Å². The van der Waals surface area contributed by atoms with Crippen molar-refractivity contribution in [2.45, 2.75) is 31.2 Å². The van der Waals surface area contributed by atoms with Gasteiger partial charge in [-0.25, -0.2) is 4.39 Å². The predicted octanol–water partition coefficient (Wildman–Crippen LogP) is 3.22. The maximum atomic E-state index is 13.4. The number of aryl methyl sites for hydroxylation is 1. The first-order valence-electron chi connectivity index (χ1n) is 7.30. The number of anilines is 1. The molecule has 0 aliphatic rings. The van der Waals surface area contributed by atoms with Crippen molar-refractivity contribution >= 4 is 34.1 Å². The average molecular weight is 354 g/mol. The van der Waals surface area contributed by atoms with Crippen LogP contribution in [0.3, 0.4) is 0 Å². The Morgan fingerprint density at radius 2 is 2.22 bits per heavy atom. The molecule has 1 aromatic carbocycles. The van der Waals surface area contributed by atoms with Crippen LogP contribution in [0.15, 0.2) is 22.5 Å². The van der Waals surface area contributed by atoms with Gasteiger partial charge in [0.2, 0.25) is 11.0 Å². The van der Waals surface area contributed by atoms with Crippen LogP contribution in [-0.2, 0) is 11.3 Å². The first kappa shape index (κ1) is 17.7. The number of nitrogens with zero attached hydrogens (tertiary/aromatic N) is 2. The molecule has 0 radical (unpaired) electrons. The summed E-state index contributed by atoms with van der Waals surface area (Å²) < 4.78 is 14.2. The lowest BCUT2D eigenvalue weighted by Gasteiger charge is -2.05. The van der Waals surface area contributed by atoms with Gasteiger partial charge in [-0.2, -0.15) is 0 Å². The van der Waals surface area contributed by atoms with Crippen LogP contribution >= 0.6 is 23.1 Å². The fraction of sp³-hybridized carbons (Fsp3) is 0.400. The van der Waals surface area contributed by atoms with Gasteiger partial charge in [-0.05, 0) is 30.5 Å². The normalized spacial score (nSPS) is 10.6. The number of aromatic nitrogens is 2. The SMILES string of the molecule is CCCNc1nnc(SCC(=O)NCc2ccc(C)c(F)c2)s1. The summed E-state index contributed by atoms with van der Waals surface area (Å²) in [5.41, 5.74) is 1.34. The Labute approximate surface area is 143 Å². The Kier molecular flexibility index (Phi) is 6.79. The molecule has 0 saturated carbocycles. The number of rotatable bonds is 8. The number of carbonyl (C=O) groups is 1. The Bertz CT molecular complexity index is 663. The van der Waals surface area contributed by atoms with Crippen LogP contribution in [-0.4, -0.2) is 28.4 Å². The molecule has 1 amide bonds. The number of carbonyl (C=O) groups excluding carboxylic acids is 1. The third kappa shape index (κ3) is 5.80. The smallest absolute Gasteiger partial charge is 0.230 e. The van der Waals surface area contributed by atoms with E-state index in [0.29, 0.717) is 12.1 Å². The van der Waals surface area contributed by atoms with E-state index < -0.39 is 0 Å². The van der Waals surface area contributed by atoms with Crippen LogP contribution in [0.1, 0.15) is 24.5 Å². The molecule has 0 unspecified atom stereocenters. The highest BCUT2D eigenvalue weighted by Crippen LogP contribution is 2.25. The van der Waals surface area contributed by atoms with Crippen molar-refractivity contribution in [2.24, 2.45) is 0 Å². The molecule has 0 atom stereocenters. The van der Waals surface area contributed by atoms with Crippen molar-refractivity contribution in [2.75, 3.05) is 17.6 Å². The highest BCUT2D eigenvalue weighted by molar-refractivity contribution is 8.01. The third-order valence-electron chi connectivity index (χ3n) is 2.99. The summed E-state index contributed by atoms with van der Waals surface area (Å²) in [6.07, 6.45) is 1.02. The molecule has 0 fully saturated rings. The topological polar surface area (TPSA) is 66.9 Å². The predicted molar refractivity (Wildman–Crippen MR) is 92.4 cm³/mol. The van der Waals surface area contributed by atoms with E-state index in [0.717, 1.165) is 28.0 Å². The monoisotopic (exact) mass is 354 g/mol. The maximum absolute atomic E-state index is 13.4. The molecule has 23 heavy (non-hydrogen) atoms. The zero-order valence-electron chi connectivity index (χ0n) is 13.1. The Balaban J connectivity index is 1.74. The number of benzene rings is 1. The second-order valence-corrected chi connectivity index (χ2v) is 7.15. The largest absolute Gasteiger partial charge is 0.360 e. The van der Waals surface area contributed by atoms with Gasteiger partial charge in [-0.15, -0.1) is 10.2 Å². The molecule has 0 bridgehead atoms. The Morgan fingerprint density at radius 3 is 2.96 bits per heavy atom. The highest BCUT2D eigenvalue weighted by atomic mass is 32.2. The fourth-order valence-corrected chi connectivity index (χ4v) is 3.30. The zero-order valence-corrected chi connectivity index (χ0v) is 14.7. The second kappa shape index (κ2) is 8.83. The van der Waals surface area contributed by atoms with Gasteiger partial charge in [-0.1, -0.05) is 42.2 Å². The molecule has 1 heterocycles.